The molecule has 0 spiro atoms. The molecule has 0 aromatic rings. The minimum atomic E-state index is 0.0385. The molecule has 1 aliphatic rings. The van der Waals surface area contributed by atoms with Crippen LogP contribution in [0.2, 0.25) is 0 Å². The van der Waals surface area contributed by atoms with Crippen LogP contribution in [0.4, 0.5) is 0 Å². The number of carbonyl (C=O) groups is 1. The fraction of sp³-hybridized carbons (Fsp3) is 0.700. The molecule has 1 saturated carbocycles. The van der Waals surface area contributed by atoms with Gasteiger partial charge < -0.3 is 0 Å². The lowest BCUT2D eigenvalue weighted by Gasteiger charge is -2.29. The van der Waals surface area contributed by atoms with Crippen LogP contribution in [0, 0.1) is 5.41 Å². The molecule has 0 aliphatic heterocycles. The van der Waals surface area contributed by atoms with Gasteiger partial charge in [-0.2, -0.15) is 5.10 Å². The molecule has 1 rings (SSSR count). The fourth-order valence-electron chi connectivity index (χ4n) is 1.75. The minimum Gasteiger partial charge on any atom is -0.299 e. The van der Waals surface area contributed by atoms with Gasteiger partial charge in [0.1, 0.15) is 5.78 Å². The molecule has 0 bridgehead atoms. The van der Waals surface area contributed by atoms with Crippen LogP contribution in [0.15, 0.2) is 5.10 Å². The number of hydrazone groups is 1. The summed E-state index contributed by atoms with van der Waals surface area (Å²) in [7, 11) is 0. The zero-order valence-electron chi connectivity index (χ0n) is 9.29. The largest absolute Gasteiger partial charge is 0.299 e. The molecule has 1 N–H and O–H groups in total. The first kappa shape index (κ1) is 12.6. The lowest BCUT2D eigenvalue weighted by Crippen LogP contribution is -2.30. The van der Waals surface area contributed by atoms with Crippen LogP contribution in [-0.4, -0.2) is 22.1 Å². The van der Waals surface area contributed by atoms with Crippen LogP contribution >= 0.6 is 24.0 Å². The fourth-order valence-corrected chi connectivity index (χ4v) is 1.93. The van der Waals surface area contributed by atoms with Gasteiger partial charge in [0.15, 0.2) is 4.32 Å². The van der Waals surface area contributed by atoms with Gasteiger partial charge in [0, 0.05) is 18.6 Å². The number of hydrogen-bond donors (Lipinski definition) is 1. The second-order valence-corrected chi connectivity index (χ2v) is 6.00. The number of nitrogens with zero attached hydrogens (tertiary/aromatic N) is 1. The molecule has 0 atom stereocenters. The van der Waals surface area contributed by atoms with Gasteiger partial charge in [-0.05, 0) is 18.1 Å². The van der Waals surface area contributed by atoms with E-state index in [4.69, 9.17) is 12.2 Å². The summed E-state index contributed by atoms with van der Waals surface area (Å²) in [5.74, 6) is 0.266. The number of hydrogen-bond acceptors (Lipinski definition) is 4. The quantitative estimate of drug-likeness (QED) is 0.568. The summed E-state index contributed by atoms with van der Waals surface area (Å²) < 4.78 is 0.637. The molecule has 0 heterocycles. The third-order valence-electron chi connectivity index (χ3n) is 2.25. The molecule has 0 amide bonds. The Morgan fingerprint density at radius 3 is 2.73 bits per heavy atom. The van der Waals surface area contributed by atoms with Gasteiger partial charge >= 0.3 is 0 Å². The second kappa shape index (κ2) is 5.07. The van der Waals surface area contributed by atoms with Gasteiger partial charge in [-0.15, -0.1) is 0 Å². The van der Waals surface area contributed by atoms with Crippen molar-refractivity contribution in [1.82, 2.24) is 5.43 Å². The Kier molecular flexibility index (Phi) is 4.28. The SMILES string of the molecule is CSC(=S)NN=C1CC(=O)CC(C)(C)C1. The van der Waals surface area contributed by atoms with E-state index in [0.29, 0.717) is 17.2 Å². The van der Waals surface area contributed by atoms with E-state index in [-0.39, 0.29) is 11.2 Å². The first-order valence-corrected chi connectivity index (χ1v) is 6.47. The van der Waals surface area contributed by atoms with Crippen molar-refractivity contribution in [3.05, 3.63) is 0 Å². The summed E-state index contributed by atoms with van der Waals surface area (Å²) in [6, 6.07) is 0. The molecule has 15 heavy (non-hydrogen) atoms. The second-order valence-electron chi connectivity index (χ2n) is 4.51. The number of carbonyl (C=O) groups excluding carboxylic acids is 1. The number of nitrogens with one attached hydrogen (secondary N) is 1. The summed E-state index contributed by atoms with van der Waals surface area (Å²) in [4.78, 5) is 11.5. The summed E-state index contributed by atoms with van der Waals surface area (Å²) in [6.07, 6.45) is 3.88. The summed E-state index contributed by atoms with van der Waals surface area (Å²) in [5, 5.41) is 4.18. The smallest absolute Gasteiger partial charge is 0.153 e. The first-order valence-electron chi connectivity index (χ1n) is 4.84. The monoisotopic (exact) mass is 244 g/mol. The van der Waals surface area contributed by atoms with Crippen LogP contribution < -0.4 is 5.43 Å². The van der Waals surface area contributed by atoms with Crippen molar-refractivity contribution in [2.75, 3.05) is 6.26 Å². The average Bonchev–Trinajstić information content (AvgIpc) is 2.11. The standard InChI is InChI=1S/C10H16N2OS2/c1-10(2)5-7(4-8(13)6-10)11-12-9(14)15-3/h4-6H2,1-3H3,(H,12,14). The summed E-state index contributed by atoms with van der Waals surface area (Å²) >= 11 is 6.41. The van der Waals surface area contributed by atoms with Crippen LogP contribution in [-0.2, 0) is 4.79 Å². The third kappa shape index (κ3) is 4.30. The predicted molar refractivity (Wildman–Crippen MR) is 69.3 cm³/mol. The maximum Gasteiger partial charge on any atom is 0.153 e. The highest BCUT2D eigenvalue weighted by Gasteiger charge is 2.30. The van der Waals surface area contributed by atoms with E-state index in [1.807, 2.05) is 6.26 Å². The molecule has 0 aromatic heterocycles. The van der Waals surface area contributed by atoms with E-state index in [9.17, 15) is 4.79 Å². The molecule has 5 heteroatoms. The minimum absolute atomic E-state index is 0.0385. The van der Waals surface area contributed by atoms with Crippen LogP contribution in [0.1, 0.15) is 33.1 Å². The van der Waals surface area contributed by atoms with Crippen LogP contribution in [0.25, 0.3) is 0 Å². The van der Waals surface area contributed by atoms with Crippen molar-refractivity contribution in [3.63, 3.8) is 0 Å². The Hall–Kier alpha value is -0.420. The zero-order valence-corrected chi connectivity index (χ0v) is 10.9. The Bertz CT molecular complexity index is 311. The average molecular weight is 244 g/mol. The van der Waals surface area contributed by atoms with Crippen molar-refractivity contribution >= 4 is 39.8 Å². The lowest BCUT2D eigenvalue weighted by atomic mass is 9.76. The number of rotatable bonds is 1. The van der Waals surface area contributed by atoms with Crippen LogP contribution in [0.3, 0.4) is 0 Å². The van der Waals surface area contributed by atoms with E-state index in [2.05, 4.69) is 24.4 Å². The summed E-state index contributed by atoms with van der Waals surface area (Å²) in [5.41, 5.74) is 3.74. The number of thiocarbonyl (C=S) groups is 1. The zero-order chi connectivity index (χ0) is 11.5. The molecular weight excluding hydrogens is 228 g/mol. The van der Waals surface area contributed by atoms with E-state index in [0.717, 1.165) is 12.1 Å². The maximum absolute atomic E-state index is 11.5. The normalized spacial score (nSPS) is 22.9. The topological polar surface area (TPSA) is 41.5 Å². The van der Waals surface area contributed by atoms with Gasteiger partial charge in [-0.1, -0.05) is 37.8 Å². The highest BCUT2D eigenvalue weighted by molar-refractivity contribution is 8.22. The number of ketones is 1. The van der Waals surface area contributed by atoms with E-state index < -0.39 is 0 Å². The van der Waals surface area contributed by atoms with Gasteiger partial charge in [0.25, 0.3) is 0 Å². The van der Waals surface area contributed by atoms with Crippen molar-refractivity contribution in [1.29, 1.82) is 0 Å². The molecule has 1 aliphatic carbocycles. The third-order valence-corrected chi connectivity index (χ3v) is 3.30. The van der Waals surface area contributed by atoms with Gasteiger partial charge in [-0.25, -0.2) is 0 Å². The highest BCUT2D eigenvalue weighted by atomic mass is 32.2. The molecular formula is C10H16N2OS2. The first-order chi connectivity index (χ1) is 6.93. The molecule has 84 valence electrons. The molecule has 1 fully saturated rings. The number of Topliss-reactive ketones (excluding diaryl/α,β-unsaturated/α-hetero) is 1. The maximum atomic E-state index is 11.5. The van der Waals surface area contributed by atoms with E-state index in [1.165, 1.54) is 11.8 Å². The molecule has 0 radical (unpaired) electrons. The lowest BCUT2D eigenvalue weighted by molar-refractivity contribution is -0.120. The van der Waals surface area contributed by atoms with E-state index >= 15 is 0 Å². The Labute approximate surface area is 100 Å². The van der Waals surface area contributed by atoms with Gasteiger partial charge in [0.05, 0.1) is 0 Å². The van der Waals surface area contributed by atoms with Crippen molar-refractivity contribution in [2.45, 2.75) is 33.1 Å². The number of thioether (sulfide) groups is 1. The Morgan fingerprint density at radius 2 is 2.20 bits per heavy atom. The van der Waals surface area contributed by atoms with Gasteiger partial charge in [0.2, 0.25) is 0 Å². The molecule has 0 aromatic carbocycles. The Balaban J connectivity index is 2.62. The van der Waals surface area contributed by atoms with E-state index in [1.54, 1.807) is 0 Å². The van der Waals surface area contributed by atoms with Crippen LogP contribution in [0.5, 0.6) is 0 Å². The summed E-state index contributed by atoms with van der Waals surface area (Å²) in [6.45, 7) is 4.18. The molecule has 0 unspecified atom stereocenters. The molecule has 0 saturated heterocycles. The van der Waals surface area contributed by atoms with Crippen molar-refractivity contribution < 1.29 is 4.79 Å². The van der Waals surface area contributed by atoms with Crippen molar-refractivity contribution in [3.8, 4) is 0 Å². The van der Waals surface area contributed by atoms with Crippen molar-refractivity contribution in [2.24, 2.45) is 10.5 Å². The predicted octanol–water partition coefficient (Wildman–Crippen LogP) is 2.36. The van der Waals surface area contributed by atoms with Gasteiger partial charge in [-0.3, -0.25) is 10.2 Å². The highest BCUT2D eigenvalue weighted by Crippen LogP contribution is 2.31. The Morgan fingerprint density at radius 1 is 1.53 bits per heavy atom. The molecule has 3 nitrogen and oxygen atoms in total.